The number of nitrogens with zero attached hydrogens (tertiary/aromatic N) is 1. The predicted octanol–water partition coefficient (Wildman–Crippen LogP) is 2.94. The van der Waals surface area contributed by atoms with Gasteiger partial charge in [0.2, 0.25) is 5.91 Å². The molecule has 1 atom stereocenters. The first-order valence-electron chi connectivity index (χ1n) is 10.7. The molecule has 2 N–H and O–H groups in total. The molecule has 0 spiro atoms. The lowest BCUT2D eigenvalue weighted by Gasteiger charge is -2.41. The Hall–Kier alpha value is -2.63. The Bertz CT molecular complexity index is 812. The van der Waals surface area contributed by atoms with Crippen molar-refractivity contribution in [2.75, 3.05) is 13.1 Å². The van der Waals surface area contributed by atoms with E-state index in [1.165, 1.54) is 18.4 Å². The van der Waals surface area contributed by atoms with Gasteiger partial charge in [-0.3, -0.25) is 14.9 Å². The number of carbonyl (C=O) groups excluding carboxylic acids is 3. The minimum Gasteiger partial charge on any atom is -0.342 e. The van der Waals surface area contributed by atoms with Crippen LogP contribution in [0.1, 0.15) is 50.5 Å². The Morgan fingerprint density at radius 2 is 1.86 bits per heavy atom. The van der Waals surface area contributed by atoms with Gasteiger partial charge < -0.3 is 10.2 Å². The molecule has 3 aliphatic rings. The number of amides is 4. The summed E-state index contributed by atoms with van der Waals surface area (Å²) in [4.78, 5) is 39.4. The summed E-state index contributed by atoms with van der Waals surface area (Å²) in [5.74, 6) is -0.0517. The third-order valence-electron chi connectivity index (χ3n) is 6.60. The number of rotatable bonds is 5. The zero-order valence-electron chi connectivity index (χ0n) is 16.8. The lowest BCUT2D eigenvalue weighted by Crippen LogP contribution is -2.57. The Balaban J connectivity index is 1.43. The summed E-state index contributed by atoms with van der Waals surface area (Å²) in [6.45, 7) is 1.27. The molecule has 0 aromatic heterocycles. The van der Waals surface area contributed by atoms with E-state index >= 15 is 0 Å². The Morgan fingerprint density at radius 3 is 2.48 bits per heavy atom. The molecule has 2 saturated heterocycles. The molecule has 4 rings (SSSR count). The number of hydrogen-bond donors (Lipinski definition) is 2. The van der Waals surface area contributed by atoms with Crippen LogP contribution in [0.15, 0.2) is 42.0 Å². The van der Waals surface area contributed by atoms with Crippen molar-refractivity contribution >= 4 is 17.8 Å². The van der Waals surface area contributed by atoms with Crippen molar-refractivity contribution in [3.63, 3.8) is 0 Å². The number of nitrogens with one attached hydrogen (secondary N) is 2. The number of likely N-dealkylation sites (tertiary alicyclic amines) is 1. The van der Waals surface area contributed by atoms with Crippen molar-refractivity contribution < 1.29 is 14.4 Å². The first-order valence-corrected chi connectivity index (χ1v) is 10.7. The summed E-state index contributed by atoms with van der Waals surface area (Å²) in [6.07, 6.45) is 9.17. The highest BCUT2D eigenvalue weighted by atomic mass is 16.2. The number of carbonyl (C=O) groups is 3. The summed E-state index contributed by atoms with van der Waals surface area (Å²) in [5.41, 5.74) is 1.36. The van der Waals surface area contributed by atoms with Crippen LogP contribution >= 0.6 is 0 Å². The number of allylic oxidation sites excluding steroid dienone is 1. The van der Waals surface area contributed by atoms with Gasteiger partial charge in [-0.25, -0.2) is 4.79 Å². The summed E-state index contributed by atoms with van der Waals surface area (Å²) in [7, 11) is 0. The molecule has 0 saturated carbocycles. The van der Waals surface area contributed by atoms with Crippen LogP contribution in [0.5, 0.6) is 0 Å². The van der Waals surface area contributed by atoms with Gasteiger partial charge in [-0.05, 0) is 50.0 Å². The van der Waals surface area contributed by atoms with Gasteiger partial charge in [0.25, 0.3) is 5.91 Å². The van der Waals surface area contributed by atoms with Crippen LogP contribution in [0, 0.1) is 5.92 Å². The zero-order chi connectivity index (χ0) is 20.3. The SMILES string of the molecule is O=C1NC(=O)C(Cc2ccccc2)(C2CCN(C(=O)CC3=CCCCC3)CC2)N1. The second-order valence-corrected chi connectivity index (χ2v) is 8.48. The number of piperidine rings is 1. The second-order valence-electron chi connectivity index (χ2n) is 8.48. The molecular weight excluding hydrogens is 366 g/mol. The maximum atomic E-state index is 12.8. The van der Waals surface area contributed by atoms with Crippen LogP contribution < -0.4 is 10.6 Å². The molecule has 2 fully saturated rings. The van der Waals surface area contributed by atoms with E-state index in [-0.39, 0.29) is 17.7 Å². The molecular formula is C23H29N3O3. The molecule has 2 heterocycles. The maximum absolute atomic E-state index is 12.8. The fourth-order valence-corrected chi connectivity index (χ4v) is 4.97. The average molecular weight is 396 g/mol. The van der Waals surface area contributed by atoms with Crippen LogP contribution in [0.4, 0.5) is 4.79 Å². The lowest BCUT2D eigenvalue weighted by molar-refractivity contribution is -0.133. The summed E-state index contributed by atoms with van der Waals surface area (Å²) < 4.78 is 0. The van der Waals surface area contributed by atoms with Gasteiger partial charge in [0.15, 0.2) is 0 Å². The van der Waals surface area contributed by atoms with E-state index < -0.39 is 11.6 Å². The van der Waals surface area contributed by atoms with E-state index in [2.05, 4.69) is 16.7 Å². The van der Waals surface area contributed by atoms with E-state index in [1.807, 2.05) is 35.2 Å². The van der Waals surface area contributed by atoms with Crippen molar-refractivity contribution in [1.29, 1.82) is 0 Å². The van der Waals surface area contributed by atoms with Crippen LogP contribution in [0.25, 0.3) is 0 Å². The molecule has 0 radical (unpaired) electrons. The Morgan fingerprint density at radius 1 is 1.10 bits per heavy atom. The highest BCUT2D eigenvalue weighted by Gasteiger charge is 2.52. The smallest absolute Gasteiger partial charge is 0.322 e. The van der Waals surface area contributed by atoms with E-state index in [4.69, 9.17) is 0 Å². The van der Waals surface area contributed by atoms with Gasteiger partial charge in [0, 0.05) is 25.9 Å². The first kappa shape index (κ1) is 19.7. The Labute approximate surface area is 171 Å². The van der Waals surface area contributed by atoms with Crippen LogP contribution in [-0.4, -0.2) is 41.4 Å². The van der Waals surface area contributed by atoms with Gasteiger partial charge in [0.05, 0.1) is 0 Å². The molecule has 1 aromatic rings. The first-order chi connectivity index (χ1) is 14.1. The predicted molar refractivity (Wildman–Crippen MR) is 110 cm³/mol. The standard InChI is InChI=1S/C23H29N3O3/c27-20(15-17-7-3-1-4-8-17)26-13-11-19(12-14-26)23(21(28)24-22(29)25-23)16-18-9-5-2-6-10-18/h2,5-7,9-10,19H,1,3-4,8,11-16H2,(H2,24,25,28,29). The van der Waals surface area contributed by atoms with E-state index in [9.17, 15) is 14.4 Å². The quantitative estimate of drug-likeness (QED) is 0.594. The summed E-state index contributed by atoms with van der Waals surface area (Å²) in [6, 6.07) is 9.37. The van der Waals surface area contributed by atoms with Crippen molar-refractivity contribution in [3.8, 4) is 0 Å². The molecule has 4 amide bonds. The van der Waals surface area contributed by atoms with E-state index in [0.29, 0.717) is 38.8 Å². The fourth-order valence-electron chi connectivity index (χ4n) is 4.97. The minimum absolute atomic E-state index is 0.00658. The number of benzene rings is 1. The van der Waals surface area contributed by atoms with Crippen molar-refractivity contribution in [1.82, 2.24) is 15.5 Å². The number of imide groups is 1. The topological polar surface area (TPSA) is 78.5 Å². The monoisotopic (exact) mass is 395 g/mol. The maximum Gasteiger partial charge on any atom is 0.322 e. The highest BCUT2D eigenvalue weighted by Crippen LogP contribution is 2.34. The second kappa shape index (κ2) is 8.39. The molecule has 1 aliphatic carbocycles. The van der Waals surface area contributed by atoms with Gasteiger partial charge in [-0.15, -0.1) is 0 Å². The largest absolute Gasteiger partial charge is 0.342 e. The van der Waals surface area contributed by atoms with E-state index in [1.54, 1.807) is 0 Å². The van der Waals surface area contributed by atoms with Gasteiger partial charge in [-0.2, -0.15) is 0 Å². The lowest BCUT2D eigenvalue weighted by atomic mass is 9.74. The van der Waals surface area contributed by atoms with Crippen LogP contribution in [-0.2, 0) is 16.0 Å². The molecule has 1 unspecified atom stereocenters. The Kier molecular flexibility index (Phi) is 5.69. The van der Waals surface area contributed by atoms with Gasteiger partial charge in [0.1, 0.15) is 5.54 Å². The molecule has 29 heavy (non-hydrogen) atoms. The molecule has 1 aromatic carbocycles. The third kappa shape index (κ3) is 4.21. The van der Waals surface area contributed by atoms with Crippen molar-refractivity contribution in [2.24, 2.45) is 5.92 Å². The molecule has 6 nitrogen and oxygen atoms in total. The molecule has 0 bridgehead atoms. The summed E-state index contributed by atoms with van der Waals surface area (Å²) in [5, 5.41) is 5.37. The van der Waals surface area contributed by atoms with Crippen LogP contribution in [0.2, 0.25) is 0 Å². The number of urea groups is 1. The summed E-state index contributed by atoms with van der Waals surface area (Å²) >= 11 is 0. The zero-order valence-corrected chi connectivity index (χ0v) is 16.8. The van der Waals surface area contributed by atoms with Crippen LogP contribution in [0.3, 0.4) is 0 Å². The molecule has 154 valence electrons. The number of hydrogen-bond acceptors (Lipinski definition) is 3. The van der Waals surface area contributed by atoms with Crippen molar-refractivity contribution in [2.45, 2.75) is 56.9 Å². The van der Waals surface area contributed by atoms with Crippen molar-refractivity contribution in [3.05, 3.63) is 47.5 Å². The van der Waals surface area contributed by atoms with Gasteiger partial charge >= 0.3 is 6.03 Å². The molecule has 6 heteroatoms. The van der Waals surface area contributed by atoms with E-state index in [0.717, 1.165) is 18.4 Å². The highest BCUT2D eigenvalue weighted by molar-refractivity contribution is 6.07. The normalized spacial score (nSPS) is 25.4. The fraction of sp³-hybridized carbons (Fsp3) is 0.522. The van der Waals surface area contributed by atoms with Gasteiger partial charge in [-0.1, -0.05) is 42.0 Å². The molecule has 2 aliphatic heterocycles. The minimum atomic E-state index is -0.931. The third-order valence-corrected chi connectivity index (χ3v) is 6.60. The average Bonchev–Trinajstić information content (AvgIpc) is 3.03.